The van der Waals surface area contributed by atoms with E-state index in [0.29, 0.717) is 5.82 Å². The summed E-state index contributed by atoms with van der Waals surface area (Å²) < 4.78 is 2.60. The molecule has 0 fully saturated rings. The second-order valence-electron chi connectivity index (χ2n) is 13.5. The van der Waals surface area contributed by atoms with Gasteiger partial charge < -0.3 is 0 Å². The molecular weight excluding hydrogens is 663 g/mol. The third-order valence-electron chi connectivity index (χ3n) is 10.5. The fourth-order valence-electron chi connectivity index (χ4n) is 7.96. The van der Waals surface area contributed by atoms with Crippen LogP contribution in [-0.2, 0) is 0 Å². The van der Waals surface area contributed by atoms with Crippen LogP contribution < -0.4 is 0 Å². The molecule has 0 saturated carbocycles. The summed E-state index contributed by atoms with van der Waals surface area (Å²) in [6.45, 7) is 0. The van der Waals surface area contributed by atoms with Crippen molar-refractivity contribution in [2.45, 2.75) is 0 Å². The van der Waals surface area contributed by atoms with Crippen LogP contribution in [0.5, 0.6) is 0 Å². The molecule has 11 rings (SSSR count). The van der Waals surface area contributed by atoms with Gasteiger partial charge in [0.1, 0.15) is 0 Å². The van der Waals surface area contributed by atoms with E-state index in [4.69, 9.17) is 15.0 Å². The summed E-state index contributed by atoms with van der Waals surface area (Å²) >= 11 is 1.86. The highest BCUT2D eigenvalue weighted by molar-refractivity contribution is 7.26. The quantitative estimate of drug-likeness (QED) is 0.172. The van der Waals surface area contributed by atoms with E-state index in [1.807, 2.05) is 11.3 Å². The number of hydrogen-bond donors (Lipinski definition) is 0. The molecule has 0 amide bonds. The maximum Gasteiger partial charge on any atom is 0.161 e. The highest BCUT2D eigenvalue weighted by atomic mass is 32.1. The summed E-state index contributed by atoms with van der Waals surface area (Å²) in [5, 5.41) is 10.8. The lowest BCUT2D eigenvalue weighted by atomic mass is 9.97. The molecule has 3 nitrogen and oxygen atoms in total. The van der Waals surface area contributed by atoms with Crippen molar-refractivity contribution in [2.75, 3.05) is 0 Å². The fraction of sp³-hybridized carbons (Fsp3) is 0. The zero-order valence-corrected chi connectivity index (χ0v) is 29.3. The van der Waals surface area contributed by atoms with Crippen LogP contribution in [0.1, 0.15) is 0 Å². The zero-order chi connectivity index (χ0) is 34.9. The summed E-state index contributed by atoms with van der Waals surface area (Å²) in [4.78, 5) is 15.8. The molecule has 0 radical (unpaired) electrons. The van der Waals surface area contributed by atoms with Crippen LogP contribution in [0.25, 0.3) is 109 Å². The lowest BCUT2D eigenvalue weighted by Crippen LogP contribution is -1.97. The fourth-order valence-corrected chi connectivity index (χ4v) is 9.22. The highest BCUT2D eigenvalue weighted by Gasteiger charge is 2.17. The molecular formula is C49H29N3S. The monoisotopic (exact) mass is 691 g/mol. The number of rotatable bonds is 4. The molecule has 0 aliphatic heterocycles. The van der Waals surface area contributed by atoms with E-state index < -0.39 is 0 Å². The summed E-state index contributed by atoms with van der Waals surface area (Å²) in [7, 11) is 0. The van der Waals surface area contributed by atoms with Crippen molar-refractivity contribution in [3.63, 3.8) is 0 Å². The van der Waals surface area contributed by atoms with Gasteiger partial charge in [-0.25, -0.2) is 15.0 Å². The molecule has 0 unspecified atom stereocenters. The summed E-state index contributed by atoms with van der Waals surface area (Å²) in [6.07, 6.45) is 0. The second-order valence-corrected chi connectivity index (χ2v) is 14.6. The molecule has 4 heteroatoms. The minimum Gasteiger partial charge on any atom is -0.247 e. The molecule has 246 valence electrons. The van der Waals surface area contributed by atoms with Crippen molar-refractivity contribution in [3.05, 3.63) is 176 Å². The van der Waals surface area contributed by atoms with Crippen molar-refractivity contribution in [1.29, 1.82) is 0 Å². The van der Waals surface area contributed by atoms with E-state index in [-0.39, 0.29) is 0 Å². The Labute approximate surface area is 309 Å². The predicted octanol–water partition coefficient (Wildman–Crippen LogP) is 13.5. The summed E-state index contributed by atoms with van der Waals surface area (Å²) in [5.74, 6) is 0.709. The van der Waals surface area contributed by atoms with Crippen molar-refractivity contribution < 1.29 is 0 Å². The van der Waals surface area contributed by atoms with Gasteiger partial charge in [-0.3, -0.25) is 0 Å². The first-order valence-electron chi connectivity index (χ1n) is 17.9. The number of hydrogen-bond acceptors (Lipinski definition) is 4. The van der Waals surface area contributed by atoms with Gasteiger partial charge in [0.2, 0.25) is 0 Å². The van der Waals surface area contributed by atoms with Gasteiger partial charge in [-0.05, 0) is 45.1 Å². The molecule has 0 N–H and O–H groups in total. The van der Waals surface area contributed by atoms with Crippen LogP contribution in [0.15, 0.2) is 176 Å². The van der Waals surface area contributed by atoms with E-state index in [1.165, 1.54) is 47.1 Å². The molecule has 11 aromatic rings. The lowest BCUT2D eigenvalue weighted by molar-refractivity contribution is 1.19. The standard InChI is InChI=1S/C49H29N3S/c1-3-15-34-30(11-1)13-9-20-36(34)44-29-43(51-49(52-44)41-21-10-14-31-12-2-4-16-35(31)41)32-23-25-33(26-24-32)47-39-19-6-5-18-38(39)46-42(50-47)28-27-40-37-17-7-8-22-45(37)53-48(40)46/h1-29H. The molecule has 3 aromatic heterocycles. The van der Waals surface area contributed by atoms with Crippen LogP contribution >= 0.6 is 11.3 Å². The first kappa shape index (κ1) is 29.9. The van der Waals surface area contributed by atoms with Crippen LogP contribution in [0.3, 0.4) is 0 Å². The normalized spacial score (nSPS) is 11.8. The highest BCUT2D eigenvalue weighted by Crippen LogP contribution is 2.43. The predicted molar refractivity (Wildman–Crippen MR) is 224 cm³/mol. The van der Waals surface area contributed by atoms with E-state index in [2.05, 4.69) is 176 Å². The first-order chi connectivity index (χ1) is 26.3. The van der Waals surface area contributed by atoms with Gasteiger partial charge >= 0.3 is 0 Å². The van der Waals surface area contributed by atoms with Gasteiger partial charge in [-0.15, -0.1) is 11.3 Å². The molecule has 0 aliphatic rings. The molecule has 53 heavy (non-hydrogen) atoms. The van der Waals surface area contributed by atoms with Gasteiger partial charge in [0.25, 0.3) is 0 Å². The topological polar surface area (TPSA) is 38.7 Å². The maximum atomic E-state index is 5.34. The van der Waals surface area contributed by atoms with Crippen molar-refractivity contribution in [2.24, 2.45) is 0 Å². The Hall–Kier alpha value is -6.75. The van der Waals surface area contributed by atoms with E-state index in [1.54, 1.807) is 0 Å². The van der Waals surface area contributed by atoms with Crippen molar-refractivity contribution >= 4 is 74.7 Å². The average Bonchev–Trinajstić information content (AvgIpc) is 3.62. The smallest absolute Gasteiger partial charge is 0.161 e. The Kier molecular flexibility index (Phi) is 6.73. The molecule has 0 saturated heterocycles. The Morgan fingerprint density at radius 3 is 1.74 bits per heavy atom. The number of nitrogens with zero attached hydrogens (tertiary/aromatic N) is 3. The zero-order valence-electron chi connectivity index (χ0n) is 28.5. The summed E-state index contributed by atoms with van der Waals surface area (Å²) in [5.41, 5.74) is 7.96. The van der Waals surface area contributed by atoms with Crippen LogP contribution in [-0.4, -0.2) is 15.0 Å². The van der Waals surface area contributed by atoms with Crippen molar-refractivity contribution in [3.8, 4) is 45.2 Å². The minimum absolute atomic E-state index is 0.709. The van der Waals surface area contributed by atoms with E-state index in [0.717, 1.165) is 55.6 Å². The minimum atomic E-state index is 0.709. The van der Waals surface area contributed by atoms with Crippen molar-refractivity contribution in [1.82, 2.24) is 15.0 Å². The summed E-state index contributed by atoms with van der Waals surface area (Å²) in [6, 6.07) is 62.4. The molecule has 0 spiro atoms. The van der Waals surface area contributed by atoms with Gasteiger partial charge in [0.05, 0.1) is 22.6 Å². The van der Waals surface area contributed by atoms with Gasteiger partial charge in [-0.1, -0.05) is 158 Å². The van der Waals surface area contributed by atoms with Crippen LogP contribution in [0, 0.1) is 0 Å². The van der Waals surface area contributed by atoms with Crippen LogP contribution in [0.4, 0.5) is 0 Å². The third kappa shape index (κ3) is 4.84. The van der Waals surface area contributed by atoms with Crippen LogP contribution in [0.2, 0.25) is 0 Å². The number of pyridine rings is 1. The maximum absolute atomic E-state index is 5.34. The molecule has 0 bridgehead atoms. The Balaban J connectivity index is 1.08. The SMILES string of the molecule is c1ccc2c(-c3cc(-c4ccc(-c5nc6ccc7c8ccccc8sc7c6c6ccccc56)cc4)nc(-c4cccc5ccccc45)n3)cccc2c1. The average molecular weight is 692 g/mol. The molecule has 8 aromatic carbocycles. The molecule has 3 heterocycles. The lowest BCUT2D eigenvalue weighted by Gasteiger charge is -2.13. The number of benzene rings is 8. The second kappa shape index (κ2) is 11.9. The molecule has 0 atom stereocenters. The van der Waals surface area contributed by atoms with Gasteiger partial charge in [0, 0.05) is 53.2 Å². The largest absolute Gasteiger partial charge is 0.247 e. The first-order valence-corrected chi connectivity index (χ1v) is 18.7. The number of aromatic nitrogens is 3. The van der Waals surface area contributed by atoms with E-state index >= 15 is 0 Å². The molecule has 0 aliphatic carbocycles. The Bertz CT molecular complexity index is 3130. The van der Waals surface area contributed by atoms with E-state index in [9.17, 15) is 0 Å². The number of fused-ring (bicyclic) bond motifs is 9. The third-order valence-corrected chi connectivity index (χ3v) is 11.7. The van der Waals surface area contributed by atoms with Gasteiger partial charge in [-0.2, -0.15) is 0 Å². The Morgan fingerprint density at radius 2 is 0.962 bits per heavy atom. The van der Waals surface area contributed by atoms with Gasteiger partial charge in [0.15, 0.2) is 5.82 Å². The Morgan fingerprint density at radius 1 is 0.377 bits per heavy atom. The number of thiophene rings is 1.